The molecule has 0 saturated heterocycles. The second-order valence-corrected chi connectivity index (χ2v) is 8.25. The summed E-state index contributed by atoms with van der Waals surface area (Å²) in [5.41, 5.74) is 11.2. The minimum absolute atomic E-state index is 0.200. The van der Waals surface area contributed by atoms with Crippen LogP contribution in [-0.2, 0) is 6.42 Å². The average molecular weight is 262 g/mol. The fourth-order valence-electron chi connectivity index (χ4n) is 3.40. The highest BCUT2D eigenvalue weighted by Crippen LogP contribution is 2.43. The lowest BCUT2D eigenvalue weighted by Gasteiger charge is -2.38. The molecule has 0 amide bonds. The lowest BCUT2D eigenvalue weighted by atomic mass is 9.74. The standard InChI is InChI=1S/C17H30N2/c1-11-8-13-14(18)9-17(6,7)10-15(13)19(11)12(2)16(3,4)5/h8,12,14H,9-10,18H2,1-7H3. The topological polar surface area (TPSA) is 30.9 Å². The summed E-state index contributed by atoms with van der Waals surface area (Å²) in [7, 11) is 0. The van der Waals surface area contributed by atoms with Crippen molar-refractivity contribution in [1.82, 2.24) is 4.57 Å². The molecule has 2 N–H and O–H groups in total. The number of fused-ring (bicyclic) bond motifs is 1. The Morgan fingerprint density at radius 3 is 2.47 bits per heavy atom. The second-order valence-electron chi connectivity index (χ2n) is 8.25. The number of rotatable bonds is 1. The third kappa shape index (κ3) is 2.60. The third-order valence-corrected chi connectivity index (χ3v) is 4.83. The molecule has 0 spiro atoms. The second kappa shape index (κ2) is 4.37. The number of nitrogens with zero attached hydrogens (tertiary/aromatic N) is 1. The van der Waals surface area contributed by atoms with E-state index in [-0.39, 0.29) is 11.5 Å². The van der Waals surface area contributed by atoms with Crippen molar-refractivity contribution in [3.63, 3.8) is 0 Å². The van der Waals surface area contributed by atoms with Gasteiger partial charge in [0, 0.05) is 23.5 Å². The predicted molar refractivity (Wildman–Crippen MR) is 82.4 cm³/mol. The molecule has 1 aliphatic rings. The van der Waals surface area contributed by atoms with E-state index in [0.29, 0.717) is 11.5 Å². The van der Waals surface area contributed by atoms with Crippen LogP contribution in [0.1, 0.15) is 77.0 Å². The fourth-order valence-corrected chi connectivity index (χ4v) is 3.40. The summed E-state index contributed by atoms with van der Waals surface area (Å²) in [6, 6.07) is 3.01. The van der Waals surface area contributed by atoms with Crippen molar-refractivity contribution >= 4 is 0 Å². The first kappa shape index (κ1) is 14.6. The smallest absolute Gasteiger partial charge is 0.0356 e. The van der Waals surface area contributed by atoms with Crippen molar-refractivity contribution in [2.45, 2.75) is 73.4 Å². The van der Waals surface area contributed by atoms with Gasteiger partial charge in [0.15, 0.2) is 0 Å². The molecule has 0 radical (unpaired) electrons. The summed E-state index contributed by atoms with van der Waals surface area (Å²) in [6.07, 6.45) is 2.23. The summed E-state index contributed by atoms with van der Waals surface area (Å²) in [4.78, 5) is 0. The molecule has 2 unspecified atom stereocenters. The molecule has 108 valence electrons. The summed E-state index contributed by atoms with van der Waals surface area (Å²) in [5.74, 6) is 0. The zero-order chi connectivity index (χ0) is 14.6. The van der Waals surface area contributed by atoms with Gasteiger partial charge in [0.05, 0.1) is 0 Å². The maximum absolute atomic E-state index is 6.40. The molecular formula is C17H30N2. The number of nitrogens with two attached hydrogens (primary N) is 1. The Balaban J connectivity index is 2.53. The number of aryl methyl sites for hydroxylation is 1. The van der Waals surface area contributed by atoms with E-state index in [1.807, 2.05) is 0 Å². The third-order valence-electron chi connectivity index (χ3n) is 4.83. The highest BCUT2D eigenvalue weighted by molar-refractivity contribution is 5.34. The largest absolute Gasteiger partial charge is 0.345 e. The summed E-state index contributed by atoms with van der Waals surface area (Å²) >= 11 is 0. The zero-order valence-corrected chi connectivity index (χ0v) is 13.7. The van der Waals surface area contributed by atoms with Crippen molar-refractivity contribution < 1.29 is 0 Å². The zero-order valence-electron chi connectivity index (χ0n) is 13.7. The van der Waals surface area contributed by atoms with E-state index >= 15 is 0 Å². The Morgan fingerprint density at radius 1 is 1.37 bits per heavy atom. The molecular weight excluding hydrogens is 232 g/mol. The van der Waals surface area contributed by atoms with Crippen LogP contribution in [0.15, 0.2) is 6.07 Å². The van der Waals surface area contributed by atoms with Crippen LogP contribution in [0.2, 0.25) is 0 Å². The van der Waals surface area contributed by atoms with Crippen LogP contribution in [0.5, 0.6) is 0 Å². The minimum Gasteiger partial charge on any atom is -0.345 e. The van der Waals surface area contributed by atoms with Crippen molar-refractivity contribution in [3.8, 4) is 0 Å². The molecule has 19 heavy (non-hydrogen) atoms. The molecule has 0 bridgehead atoms. The minimum atomic E-state index is 0.200. The van der Waals surface area contributed by atoms with E-state index in [0.717, 1.165) is 12.8 Å². The van der Waals surface area contributed by atoms with Crippen molar-refractivity contribution in [2.75, 3.05) is 0 Å². The lowest BCUT2D eigenvalue weighted by molar-refractivity contribution is 0.232. The van der Waals surface area contributed by atoms with E-state index in [2.05, 4.69) is 59.1 Å². The quantitative estimate of drug-likeness (QED) is 0.800. The van der Waals surface area contributed by atoms with Crippen LogP contribution in [0.4, 0.5) is 0 Å². The number of aromatic nitrogens is 1. The molecule has 2 nitrogen and oxygen atoms in total. The van der Waals surface area contributed by atoms with Gasteiger partial charge in [0.2, 0.25) is 0 Å². The Morgan fingerprint density at radius 2 is 1.95 bits per heavy atom. The number of hydrogen-bond acceptors (Lipinski definition) is 1. The molecule has 2 rings (SSSR count). The van der Waals surface area contributed by atoms with E-state index < -0.39 is 0 Å². The van der Waals surface area contributed by atoms with Crippen molar-refractivity contribution in [1.29, 1.82) is 0 Å². The van der Waals surface area contributed by atoms with Crippen LogP contribution in [0.25, 0.3) is 0 Å². The van der Waals surface area contributed by atoms with Crippen molar-refractivity contribution in [3.05, 3.63) is 23.0 Å². The van der Waals surface area contributed by atoms with E-state index in [4.69, 9.17) is 5.73 Å². The van der Waals surface area contributed by atoms with Gasteiger partial charge in [-0.15, -0.1) is 0 Å². The molecule has 1 heterocycles. The normalized spacial score (nSPS) is 24.1. The van der Waals surface area contributed by atoms with Gasteiger partial charge in [0.1, 0.15) is 0 Å². The maximum Gasteiger partial charge on any atom is 0.0356 e. The first-order chi connectivity index (χ1) is 8.53. The Labute approximate surface area is 118 Å². The molecule has 2 atom stereocenters. The molecule has 2 heteroatoms. The van der Waals surface area contributed by atoms with Crippen LogP contribution in [0, 0.1) is 17.8 Å². The first-order valence-electron chi connectivity index (χ1n) is 7.49. The highest BCUT2D eigenvalue weighted by Gasteiger charge is 2.35. The highest BCUT2D eigenvalue weighted by atomic mass is 15.0. The maximum atomic E-state index is 6.40. The lowest BCUT2D eigenvalue weighted by Crippen LogP contribution is -2.32. The first-order valence-corrected chi connectivity index (χ1v) is 7.49. The fraction of sp³-hybridized carbons (Fsp3) is 0.765. The summed E-state index contributed by atoms with van der Waals surface area (Å²) in [6.45, 7) is 16.2. The van der Waals surface area contributed by atoms with Gasteiger partial charge in [-0.3, -0.25) is 0 Å². The van der Waals surface area contributed by atoms with Crippen LogP contribution >= 0.6 is 0 Å². The molecule has 0 aromatic carbocycles. The molecule has 1 aromatic rings. The van der Waals surface area contributed by atoms with Crippen LogP contribution in [-0.4, -0.2) is 4.57 Å². The molecule has 1 aliphatic carbocycles. The van der Waals surface area contributed by atoms with Gasteiger partial charge in [-0.2, -0.15) is 0 Å². The van der Waals surface area contributed by atoms with E-state index in [1.54, 1.807) is 0 Å². The van der Waals surface area contributed by atoms with Crippen molar-refractivity contribution in [2.24, 2.45) is 16.6 Å². The average Bonchev–Trinajstić information content (AvgIpc) is 2.51. The molecule has 0 saturated carbocycles. The van der Waals surface area contributed by atoms with Crippen LogP contribution < -0.4 is 5.73 Å². The summed E-state index contributed by atoms with van der Waals surface area (Å²) < 4.78 is 2.54. The van der Waals surface area contributed by atoms with Crippen LogP contribution in [0.3, 0.4) is 0 Å². The van der Waals surface area contributed by atoms with Gasteiger partial charge in [-0.1, -0.05) is 34.6 Å². The van der Waals surface area contributed by atoms with Gasteiger partial charge < -0.3 is 10.3 Å². The van der Waals surface area contributed by atoms with E-state index in [1.165, 1.54) is 17.0 Å². The Bertz CT molecular complexity index is 474. The van der Waals surface area contributed by atoms with E-state index in [9.17, 15) is 0 Å². The predicted octanol–water partition coefficient (Wildman–Crippen LogP) is 4.38. The molecule has 0 aliphatic heterocycles. The molecule has 0 fully saturated rings. The molecule has 1 aromatic heterocycles. The summed E-state index contributed by atoms with van der Waals surface area (Å²) in [5, 5.41) is 0. The Hall–Kier alpha value is -0.760. The van der Waals surface area contributed by atoms with Gasteiger partial charge in [-0.05, 0) is 49.1 Å². The SMILES string of the molecule is Cc1cc2c(n1C(C)C(C)(C)C)CC(C)(C)CC2N. The van der Waals surface area contributed by atoms with Gasteiger partial charge in [0.25, 0.3) is 0 Å². The van der Waals surface area contributed by atoms with Gasteiger partial charge in [-0.25, -0.2) is 0 Å². The van der Waals surface area contributed by atoms with Gasteiger partial charge >= 0.3 is 0 Å². The monoisotopic (exact) mass is 262 g/mol. The Kier molecular flexibility index (Phi) is 3.37. The number of hydrogen-bond donors (Lipinski definition) is 1.